The monoisotopic (exact) mass is 434 g/mol. The van der Waals surface area contributed by atoms with Gasteiger partial charge >= 0.3 is 11.9 Å². The smallest absolute Gasteiger partial charge is 0.314 e. The zero-order valence-electron chi connectivity index (χ0n) is 19.4. The molecular formula is C25H38O6. The second-order valence-electron chi connectivity index (χ2n) is 10.4. The third-order valence-corrected chi connectivity index (χ3v) is 7.48. The van der Waals surface area contributed by atoms with Gasteiger partial charge in [0.2, 0.25) is 0 Å². The zero-order chi connectivity index (χ0) is 22.9. The molecular weight excluding hydrogens is 396 g/mol. The lowest BCUT2D eigenvalue weighted by Gasteiger charge is -2.44. The fraction of sp³-hybridized carbons (Fsp3) is 0.760. The molecule has 0 saturated carbocycles. The normalized spacial score (nSPS) is 36.8. The summed E-state index contributed by atoms with van der Waals surface area (Å²) in [5.41, 5.74) is 0.234. The van der Waals surface area contributed by atoms with Crippen molar-refractivity contribution in [1.29, 1.82) is 0 Å². The van der Waals surface area contributed by atoms with Crippen molar-refractivity contribution in [2.75, 3.05) is 0 Å². The lowest BCUT2D eigenvalue weighted by Crippen LogP contribution is -2.45. The molecule has 0 radical (unpaired) electrons. The Morgan fingerprint density at radius 3 is 2.65 bits per heavy atom. The van der Waals surface area contributed by atoms with E-state index in [4.69, 9.17) is 9.47 Å². The van der Waals surface area contributed by atoms with Gasteiger partial charge in [0.05, 0.1) is 24.0 Å². The molecule has 6 heteroatoms. The highest BCUT2D eigenvalue weighted by molar-refractivity contribution is 5.77. The number of aliphatic hydroxyl groups is 2. The molecule has 2 N–H and O–H groups in total. The van der Waals surface area contributed by atoms with Crippen molar-refractivity contribution in [3.8, 4) is 0 Å². The maximum absolute atomic E-state index is 12.9. The summed E-state index contributed by atoms with van der Waals surface area (Å²) < 4.78 is 11.5. The minimum absolute atomic E-state index is 0.0730. The van der Waals surface area contributed by atoms with E-state index in [1.54, 1.807) is 20.8 Å². The molecule has 174 valence electrons. The summed E-state index contributed by atoms with van der Waals surface area (Å²) in [6.07, 6.45) is 7.51. The number of ether oxygens (including phenoxy) is 2. The summed E-state index contributed by atoms with van der Waals surface area (Å²) in [7, 11) is 0. The first-order chi connectivity index (χ1) is 14.5. The molecule has 3 aliphatic rings. The van der Waals surface area contributed by atoms with Crippen LogP contribution >= 0.6 is 0 Å². The number of esters is 2. The van der Waals surface area contributed by atoms with Gasteiger partial charge in [-0.15, -0.1) is 0 Å². The predicted octanol–water partition coefficient (Wildman–Crippen LogP) is 3.56. The second-order valence-corrected chi connectivity index (χ2v) is 10.4. The second kappa shape index (κ2) is 9.45. The molecule has 0 aromatic rings. The summed E-state index contributed by atoms with van der Waals surface area (Å²) >= 11 is 0. The molecule has 0 bridgehead atoms. The Labute approximate surface area is 185 Å². The summed E-state index contributed by atoms with van der Waals surface area (Å²) in [6.45, 7) is 9.35. The lowest BCUT2D eigenvalue weighted by atomic mass is 9.65. The average molecular weight is 435 g/mol. The summed E-state index contributed by atoms with van der Waals surface area (Å²) in [5, 5.41) is 20.0. The SMILES string of the molecule is CC(O)C(C)(C)C(=O)O[C@H]1C[C@@H](C)C=C2C=C[C@H](C)[C@H](CC[C@@H]3C[C@@H](O)CC(=O)O3)C21. The number of allylic oxidation sites excluding steroid dienone is 3. The molecule has 1 heterocycles. The van der Waals surface area contributed by atoms with Crippen molar-refractivity contribution >= 4 is 11.9 Å². The van der Waals surface area contributed by atoms with E-state index in [0.29, 0.717) is 24.7 Å². The van der Waals surface area contributed by atoms with Gasteiger partial charge in [-0.05, 0) is 63.4 Å². The molecule has 1 fully saturated rings. The number of aliphatic hydroxyl groups excluding tert-OH is 2. The molecule has 6 nitrogen and oxygen atoms in total. The Hall–Kier alpha value is -1.66. The van der Waals surface area contributed by atoms with Crippen LogP contribution in [0.2, 0.25) is 0 Å². The topological polar surface area (TPSA) is 93.1 Å². The Bertz CT molecular complexity index is 736. The van der Waals surface area contributed by atoms with E-state index in [1.807, 2.05) is 0 Å². The highest BCUT2D eigenvalue weighted by atomic mass is 16.6. The van der Waals surface area contributed by atoms with Crippen LogP contribution in [-0.2, 0) is 19.1 Å². The molecule has 3 rings (SSSR count). The number of carbonyl (C=O) groups is 2. The van der Waals surface area contributed by atoms with Gasteiger partial charge in [0.1, 0.15) is 12.2 Å². The van der Waals surface area contributed by atoms with Crippen molar-refractivity contribution in [2.24, 2.45) is 29.1 Å². The lowest BCUT2D eigenvalue weighted by molar-refractivity contribution is -0.171. The Balaban J connectivity index is 1.77. The molecule has 0 aromatic carbocycles. The number of hydrogen-bond donors (Lipinski definition) is 2. The van der Waals surface area contributed by atoms with Gasteiger partial charge < -0.3 is 19.7 Å². The Morgan fingerprint density at radius 1 is 1.29 bits per heavy atom. The maximum atomic E-state index is 12.9. The minimum atomic E-state index is -0.970. The first-order valence-electron chi connectivity index (χ1n) is 11.7. The van der Waals surface area contributed by atoms with Crippen LogP contribution in [0.5, 0.6) is 0 Å². The molecule has 0 amide bonds. The molecule has 8 atom stereocenters. The van der Waals surface area contributed by atoms with Crippen molar-refractivity contribution in [3.05, 3.63) is 23.8 Å². The van der Waals surface area contributed by atoms with Gasteiger partial charge in [-0.25, -0.2) is 0 Å². The number of rotatable bonds is 6. The highest BCUT2D eigenvalue weighted by Gasteiger charge is 2.44. The molecule has 2 aliphatic carbocycles. The van der Waals surface area contributed by atoms with Crippen molar-refractivity contribution < 1.29 is 29.3 Å². The van der Waals surface area contributed by atoms with Gasteiger partial charge in [-0.2, -0.15) is 0 Å². The van der Waals surface area contributed by atoms with E-state index in [9.17, 15) is 19.8 Å². The third kappa shape index (κ3) is 5.40. The predicted molar refractivity (Wildman–Crippen MR) is 117 cm³/mol. The highest BCUT2D eigenvalue weighted by Crippen LogP contribution is 2.45. The molecule has 31 heavy (non-hydrogen) atoms. The molecule has 0 spiro atoms. The van der Waals surface area contributed by atoms with Crippen LogP contribution in [0.4, 0.5) is 0 Å². The van der Waals surface area contributed by atoms with E-state index in [0.717, 1.165) is 12.8 Å². The molecule has 0 aromatic heterocycles. The van der Waals surface area contributed by atoms with Crippen molar-refractivity contribution in [3.63, 3.8) is 0 Å². The quantitative estimate of drug-likeness (QED) is 0.621. The third-order valence-electron chi connectivity index (χ3n) is 7.48. The van der Waals surface area contributed by atoms with E-state index in [2.05, 4.69) is 32.1 Å². The van der Waals surface area contributed by atoms with Crippen LogP contribution < -0.4 is 0 Å². The van der Waals surface area contributed by atoms with Crippen LogP contribution in [-0.4, -0.2) is 46.6 Å². The first kappa shape index (κ1) is 24.0. The number of hydrogen-bond acceptors (Lipinski definition) is 6. The molecule has 1 aliphatic heterocycles. The van der Waals surface area contributed by atoms with Crippen LogP contribution in [0.15, 0.2) is 23.8 Å². The van der Waals surface area contributed by atoms with Crippen molar-refractivity contribution in [2.45, 2.75) is 91.1 Å². The number of carbonyl (C=O) groups excluding carboxylic acids is 2. The van der Waals surface area contributed by atoms with Gasteiger partial charge in [0.15, 0.2) is 0 Å². The zero-order valence-corrected chi connectivity index (χ0v) is 19.4. The standard InChI is InChI=1S/C25H38O6/c1-14-10-17-7-6-15(2)20(9-8-19-12-18(27)13-22(28)30-19)23(17)21(11-14)31-24(29)25(4,5)16(3)26/h6-7,10,14-16,18-21,23,26-27H,8-9,11-13H2,1-5H3/t14-,15-,16?,18+,19+,20-,21-,23?/m0/s1. The number of fused-ring (bicyclic) bond motifs is 1. The van der Waals surface area contributed by atoms with E-state index >= 15 is 0 Å². The van der Waals surface area contributed by atoms with Crippen LogP contribution in [0.25, 0.3) is 0 Å². The van der Waals surface area contributed by atoms with Gasteiger partial charge in [0.25, 0.3) is 0 Å². The number of cyclic esters (lactones) is 1. The Morgan fingerprint density at radius 2 is 2.00 bits per heavy atom. The Kier molecular flexibility index (Phi) is 7.32. The van der Waals surface area contributed by atoms with E-state index < -0.39 is 17.6 Å². The fourth-order valence-corrected chi connectivity index (χ4v) is 5.10. The van der Waals surface area contributed by atoms with Gasteiger partial charge in [-0.1, -0.05) is 32.1 Å². The van der Waals surface area contributed by atoms with E-state index in [-0.39, 0.29) is 42.4 Å². The molecule has 2 unspecified atom stereocenters. The van der Waals surface area contributed by atoms with Crippen LogP contribution in [0.1, 0.15) is 66.7 Å². The fourth-order valence-electron chi connectivity index (χ4n) is 5.10. The van der Waals surface area contributed by atoms with Crippen LogP contribution in [0, 0.1) is 29.1 Å². The maximum Gasteiger partial charge on any atom is 0.314 e. The average Bonchev–Trinajstić information content (AvgIpc) is 2.66. The van der Waals surface area contributed by atoms with Gasteiger partial charge in [0, 0.05) is 12.3 Å². The van der Waals surface area contributed by atoms with Crippen LogP contribution in [0.3, 0.4) is 0 Å². The summed E-state index contributed by atoms with van der Waals surface area (Å²) in [5.74, 6) is 0.214. The van der Waals surface area contributed by atoms with Gasteiger partial charge in [-0.3, -0.25) is 9.59 Å². The molecule has 1 saturated heterocycles. The van der Waals surface area contributed by atoms with Crippen molar-refractivity contribution in [1.82, 2.24) is 0 Å². The van der Waals surface area contributed by atoms with E-state index in [1.165, 1.54) is 5.57 Å². The first-order valence-corrected chi connectivity index (χ1v) is 11.7. The summed E-state index contributed by atoms with van der Waals surface area (Å²) in [4.78, 5) is 24.6. The summed E-state index contributed by atoms with van der Waals surface area (Å²) in [6, 6.07) is 0. The minimum Gasteiger partial charge on any atom is -0.462 e. The largest absolute Gasteiger partial charge is 0.462 e.